The highest BCUT2D eigenvalue weighted by Crippen LogP contribution is 2.38. The number of thioether (sulfide) groups is 1. The lowest BCUT2D eigenvalue weighted by molar-refractivity contribution is 0.156. The van der Waals surface area contributed by atoms with Gasteiger partial charge >= 0.3 is 0 Å². The minimum Gasteiger partial charge on any atom is -0.381 e. The quantitative estimate of drug-likeness (QED) is 0.306. The zero-order chi connectivity index (χ0) is 16.8. The minimum atomic E-state index is 0. The average molecular weight is 475 g/mol. The van der Waals surface area contributed by atoms with Crippen molar-refractivity contribution in [3.05, 3.63) is 35.4 Å². The molecule has 140 valence electrons. The van der Waals surface area contributed by atoms with Gasteiger partial charge in [0.25, 0.3) is 0 Å². The van der Waals surface area contributed by atoms with Gasteiger partial charge in [0.2, 0.25) is 0 Å². The van der Waals surface area contributed by atoms with E-state index in [1.54, 1.807) is 0 Å². The molecule has 2 saturated heterocycles. The molecule has 0 bridgehead atoms. The summed E-state index contributed by atoms with van der Waals surface area (Å²) in [6.07, 6.45) is 2.43. The van der Waals surface area contributed by atoms with Crippen molar-refractivity contribution in [3.8, 4) is 0 Å². The summed E-state index contributed by atoms with van der Waals surface area (Å²) in [6.45, 7) is 7.13. The van der Waals surface area contributed by atoms with Crippen molar-refractivity contribution in [2.24, 2.45) is 10.4 Å². The van der Waals surface area contributed by atoms with Crippen LogP contribution in [0.25, 0.3) is 0 Å². The Hall–Kier alpha value is -0.470. The monoisotopic (exact) mass is 475 g/mol. The lowest BCUT2D eigenvalue weighted by Crippen LogP contribution is -2.42. The molecule has 2 heterocycles. The molecule has 6 heteroatoms. The number of likely N-dealkylation sites (tertiary alicyclic amines) is 1. The number of hydrogen-bond donors (Lipinski definition) is 1. The third-order valence-electron chi connectivity index (χ3n) is 5.05. The fourth-order valence-electron chi connectivity index (χ4n) is 3.53. The number of rotatable bonds is 5. The lowest BCUT2D eigenvalue weighted by Gasteiger charge is -2.24. The van der Waals surface area contributed by atoms with Crippen molar-refractivity contribution in [1.29, 1.82) is 0 Å². The molecule has 1 N–H and O–H groups in total. The Balaban J connectivity index is 0.00000225. The van der Waals surface area contributed by atoms with Crippen LogP contribution >= 0.6 is 35.7 Å². The number of nitrogens with one attached hydrogen (secondary N) is 1. The van der Waals surface area contributed by atoms with Crippen LogP contribution in [-0.4, -0.2) is 56.5 Å². The predicted molar refractivity (Wildman–Crippen MR) is 118 cm³/mol. The van der Waals surface area contributed by atoms with Crippen LogP contribution in [-0.2, 0) is 10.5 Å². The number of nitrogens with zero attached hydrogens (tertiary/aromatic N) is 2. The Labute approximate surface area is 173 Å². The average Bonchev–Trinajstić information content (AvgIpc) is 3.23. The first-order valence-electron chi connectivity index (χ1n) is 8.87. The molecule has 1 aromatic rings. The Bertz CT molecular complexity index is 558. The third kappa shape index (κ3) is 5.76. The van der Waals surface area contributed by atoms with Crippen molar-refractivity contribution in [1.82, 2.24) is 10.2 Å². The van der Waals surface area contributed by atoms with Crippen LogP contribution in [0.3, 0.4) is 0 Å². The predicted octanol–water partition coefficient (Wildman–Crippen LogP) is 3.53. The lowest BCUT2D eigenvalue weighted by atomic mass is 9.87. The second-order valence-corrected chi connectivity index (χ2v) is 8.09. The van der Waals surface area contributed by atoms with Crippen LogP contribution in [0, 0.1) is 12.3 Å². The van der Waals surface area contributed by atoms with Crippen LogP contribution in [0.2, 0.25) is 0 Å². The number of aliphatic imine (C=N–C) groups is 1. The molecule has 2 aliphatic heterocycles. The highest BCUT2D eigenvalue weighted by molar-refractivity contribution is 14.0. The molecule has 4 nitrogen and oxygen atoms in total. The Kier molecular flexibility index (Phi) is 8.35. The van der Waals surface area contributed by atoms with Crippen molar-refractivity contribution < 1.29 is 4.74 Å². The van der Waals surface area contributed by atoms with Crippen LogP contribution in [0.15, 0.2) is 29.3 Å². The van der Waals surface area contributed by atoms with Gasteiger partial charge in [-0.3, -0.25) is 4.99 Å². The van der Waals surface area contributed by atoms with E-state index in [4.69, 9.17) is 4.74 Å². The van der Waals surface area contributed by atoms with Crippen molar-refractivity contribution in [2.45, 2.75) is 25.5 Å². The van der Waals surface area contributed by atoms with E-state index in [-0.39, 0.29) is 24.0 Å². The zero-order valence-electron chi connectivity index (χ0n) is 15.3. The third-order valence-corrected chi connectivity index (χ3v) is 6.08. The van der Waals surface area contributed by atoms with Crippen LogP contribution in [0.4, 0.5) is 0 Å². The Morgan fingerprint density at radius 1 is 1.32 bits per heavy atom. The number of guanidine groups is 1. The van der Waals surface area contributed by atoms with E-state index < -0.39 is 0 Å². The summed E-state index contributed by atoms with van der Waals surface area (Å²) >= 11 is 1.97. The number of hydrogen-bond acceptors (Lipinski definition) is 3. The van der Waals surface area contributed by atoms with Crippen molar-refractivity contribution in [3.63, 3.8) is 0 Å². The van der Waals surface area contributed by atoms with E-state index in [1.165, 1.54) is 24.0 Å². The topological polar surface area (TPSA) is 36.9 Å². The molecular weight excluding hydrogens is 445 g/mol. The van der Waals surface area contributed by atoms with E-state index in [9.17, 15) is 0 Å². The summed E-state index contributed by atoms with van der Waals surface area (Å²) in [6, 6.07) is 8.82. The second-order valence-electron chi connectivity index (χ2n) is 6.99. The van der Waals surface area contributed by atoms with Gasteiger partial charge in [-0.2, -0.15) is 11.8 Å². The van der Waals surface area contributed by atoms with Gasteiger partial charge in [-0.15, -0.1) is 24.0 Å². The van der Waals surface area contributed by atoms with E-state index in [0.29, 0.717) is 5.41 Å². The molecule has 3 rings (SSSR count). The van der Waals surface area contributed by atoms with Gasteiger partial charge in [0.05, 0.1) is 6.61 Å². The highest BCUT2D eigenvalue weighted by atomic mass is 127. The number of ether oxygens (including phenoxy) is 1. The van der Waals surface area contributed by atoms with Crippen molar-refractivity contribution in [2.75, 3.05) is 45.6 Å². The number of aryl methyl sites for hydroxylation is 1. The molecule has 0 saturated carbocycles. The maximum absolute atomic E-state index is 5.62. The molecular formula is C19H30IN3OS. The summed E-state index contributed by atoms with van der Waals surface area (Å²) in [5.41, 5.74) is 3.11. The van der Waals surface area contributed by atoms with E-state index >= 15 is 0 Å². The molecule has 2 aliphatic rings. The molecule has 1 unspecified atom stereocenters. The summed E-state index contributed by atoms with van der Waals surface area (Å²) in [4.78, 5) is 6.87. The molecule has 1 aromatic carbocycles. The van der Waals surface area contributed by atoms with Crippen LogP contribution < -0.4 is 5.32 Å². The van der Waals surface area contributed by atoms with E-state index in [0.717, 1.165) is 50.3 Å². The van der Waals surface area contributed by atoms with Gasteiger partial charge < -0.3 is 15.0 Å². The van der Waals surface area contributed by atoms with Gasteiger partial charge in [0.1, 0.15) is 0 Å². The molecule has 0 radical (unpaired) electrons. The van der Waals surface area contributed by atoms with E-state index in [2.05, 4.69) is 46.4 Å². The first kappa shape index (κ1) is 20.8. The largest absolute Gasteiger partial charge is 0.381 e. The highest BCUT2D eigenvalue weighted by Gasteiger charge is 2.42. The SMILES string of the molecule is CN=C(NCCSCc1ccc(C)cc1)N1CCC2(CCOC2)C1.I. The van der Waals surface area contributed by atoms with Gasteiger partial charge in [0.15, 0.2) is 5.96 Å². The van der Waals surface area contributed by atoms with Crippen molar-refractivity contribution >= 4 is 41.7 Å². The molecule has 0 amide bonds. The number of halogens is 1. The zero-order valence-corrected chi connectivity index (χ0v) is 18.4. The minimum absolute atomic E-state index is 0. The molecule has 0 aliphatic carbocycles. The fourth-order valence-corrected chi connectivity index (χ4v) is 4.35. The Morgan fingerprint density at radius 3 is 2.80 bits per heavy atom. The number of benzene rings is 1. The summed E-state index contributed by atoms with van der Waals surface area (Å²) < 4.78 is 5.62. The van der Waals surface area contributed by atoms with Gasteiger partial charge in [-0.25, -0.2) is 0 Å². The maximum atomic E-state index is 5.62. The first-order valence-corrected chi connectivity index (χ1v) is 10.0. The molecule has 25 heavy (non-hydrogen) atoms. The smallest absolute Gasteiger partial charge is 0.193 e. The maximum Gasteiger partial charge on any atom is 0.193 e. The van der Waals surface area contributed by atoms with Crippen LogP contribution in [0.1, 0.15) is 24.0 Å². The summed E-state index contributed by atoms with van der Waals surface area (Å²) in [7, 11) is 1.89. The molecule has 2 fully saturated rings. The fraction of sp³-hybridized carbons (Fsp3) is 0.632. The molecule has 1 spiro atoms. The van der Waals surface area contributed by atoms with Gasteiger partial charge in [0, 0.05) is 50.2 Å². The molecule has 0 aromatic heterocycles. The van der Waals surface area contributed by atoms with Gasteiger partial charge in [-0.05, 0) is 25.3 Å². The second kappa shape index (κ2) is 10.0. The van der Waals surface area contributed by atoms with Crippen LogP contribution in [0.5, 0.6) is 0 Å². The normalized spacial score (nSPS) is 23.1. The summed E-state index contributed by atoms with van der Waals surface area (Å²) in [5, 5.41) is 3.53. The molecule has 1 atom stereocenters. The Morgan fingerprint density at radius 2 is 2.12 bits per heavy atom. The first-order chi connectivity index (χ1) is 11.7. The van der Waals surface area contributed by atoms with E-state index in [1.807, 2.05) is 18.8 Å². The van der Waals surface area contributed by atoms with Gasteiger partial charge in [-0.1, -0.05) is 29.8 Å². The standard InChI is InChI=1S/C19H29N3OS.HI/c1-16-3-5-17(6-4-16)13-24-12-9-21-18(20-2)22-10-7-19(14-22)8-11-23-15-19;/h3-6H,7-15H2,1-2H3,(H,20,21);1H. The summed E-state index contributed by atoms with van der Waals surface area (Å²) in [5.74, 6) is 3.22.